The molecule has 2 heterocycles. The van der Waals surface area contributed by atoms with E-state index < -0.39 is 0 Å². The molecule has 6 rings (SSSR count). The molecule has 31 heavy (non-hydrogen) atoms. The van der Waals surface area contributed by atoms with Gasteiger partial charge in [-0.2, -0.15) is 0 Å². The summed E-state index contributed by atoms with van der Waals surface area (Å²) in [6.45, 7) is 0. The molecule has 2 aromatic heterocycles. The van der Waals surface area contributed by atoms with E-state index in [0.717, 1.165) is 17.1 Å². The van der Waals surface area contributed by atoms with Gasteiger partial charge in [0, 0.05) is 54.6 Å². The van der Waals surface area contributed by atoms with Crippen molar-refractivity contribution >= 4 is 21.8 Å². The van der Waals surface area contributed by atoms with E-state index >= 15 is 0 Å². The summed E-state index contributed by atoms with van der Waals surface area (Å²) in [6, 6.07) is 37.0. The molecule has 0 unspecified atom stereocenters. The summed E-state index contributed by atoms with van der Waals surface area (Å²) >= 11 is 0. The topological polar surface area (TPSA) is 22.8 Å². The predicted molar refractivity (Wildman–Crippen MR) is 122 cm³/mol. The van der Waals surface area contributed by atoms with Crippen LogP contribution in [0.2, 0.25) is 0 Å². The molecule has 0 amide bonds. The maximum Gasteiger partial charge on any atom is 0.0602 e. The number of hydrogen-bond donors (Lipinski definition) is 0. The molecule has 0 aliphatic heterocycles. The van der Waals surface area contributed by atoms with E-state index in [9.17, 15) is 0 Å². The summed E-state index contributed by atoms with van der Waals surface area (Å²) in [5.41, 5.74) is 5.63. The summed E-state index contributed by atoms with van der Waals surface area (Å²) in [7, 11) is 0. The number of imidazole rings is 1. The number of aromatic nitrogens is 3. The molecule has 0 saturated heterocycles. The second-order valence-corrected chi connectivity index (χ2v) is 7.29. The number of para-hydroxylation sites is 2. The van der Waals surface area contributed by atoms with E-state index in [4.69, 9.17) is 0 Å². The number of hydrogen-bond acceptors (Lipinski definition) is 1. The molecule has 1 radical (unpaired) electrons. The van der Waals surface area contributed by atoms with Crippen LogP contribution in [0.4, 0.5) is 0 Å². The van der Waals surface area contributed by atoms with Gasteiger partial charge in [-0.1, -0.05) is 36.4 Å². The van der Waals surface area contributed by atoms with Gasteiger partial charge in [0.25, 0.3) is 0 Å². The summed E-state index contributed by atoms with van der Waals surface area (Å²) < 4.78 is 4.45. The third-order valence-electron chi connectivity index (χ3n) is 5.54. The molecule has 6 aromatic rings. The van der Waals surface area contributed by atoms with Crippen LogP contribution < -0.4 is 0 Å². The van der Waals surface area contributed by atoms with Gasteiger partial charge in [0.2, 0.25) is 0 Å². The van der Waals surface area contributed by atoms with Crippen molar-refractivity contribution in [1.29, 1.82) is 0 Å². The normalized spacial score (nSPS) is 11.0. The fourth-order valence-corrected chi connectivity index (χ4v) is 4.21. The SMILES string of the molecule is [Ir].[c-]1ccccc1-c1nccn1-c1ccc2c(c1)c1ccccc1n2-c1ccccc1. The Kier molecular flexibility index (Phi) is 5.03. The maximum absolute atomic E-state index is 4.58. The Bertz CT molecular complexity index is 1480. The molecule has 0 aliphatic rings. The van der Waals surface area contributed by atoms with E-state index in [1.54, 1.807) is 0 Å². The molecule has 0 spiro atoms. The Morgan fingerprint density at radius 2 is 1.45 bits per heavy atom. The van der Waals surface area contributed by atoms with Crippen LogP contribution in [0.25, 0.3) is 44.6 Å². The van der Waals surface area contributed by atoms with E-state index in [0.29, 0.717) is 0 Å². The molecule has 0 saturated carbocycles. The predicted octanol–water partition coefficient (Wildman–Crippen LogP) is 6.43. The first kappa shape index (κ1) is 19.5. The average molecular weight is 577 g/mol. The zero-order valence-corrected chi connectivity index (χ0v) is 19.0. The van der Waals surface area contributed by atoms with Gasteiger partial charge in [-0.15, -0.1) is 35.9 Å². The fraction of sp³-hybridized carbons (Fsp3) is 0. The van der Waals surface area contributed by atoms with Crippen LogP contribution in [0.5, 0.6) is 0 Å². The van der Waals surface area contributed by atoms with Crippen LogP contribution >= 0.6 is 0 Å². The largest absolute Gasteiger partial charge is 0.340 e. The third kappa shape index (κ3) is 3.21. The third-order valence-corrected chi connectivity index (χ3v) is 5.54. The minimum atomic E-state index is 0. The Morgan fingerprint density at radius 3 is 2.29 bits per heavy atom. The Hall–Kier alpha value is -3.46. The molecule has 4 heteroatoms. The van der Waals surface area contributed by atoms with Crippen LogP contribution in [0.15, 0.2) is 109 Å². The van der Waals surface area contributed by atoms with Crippen LogP contribution in [-0.2, 0) is 20.1 Å². The first-order valence-corrected chi connectivity index (χ1v) is 9.99. The minimum absolute atomic E-state index is 0. The summed E-state index contributed by atoms with van der Waals surface area (Å²) in [5, 5.41) is 2.47. The first-order chi connectivity index (χ1) is 14.9. The molecule has 3 nitrogen and oxygen atoms in total. The molecular formula is C27H18IrN3-. The van der Waals surface area contributed by atoms with Crippen molar-refractivity contribution in [2.75, 3.05) is 0 Å². The van der Waals surface area contributed by atoms with Gasteiger partial charge in [0.05, 0.1) is 16.9 Å². The van der Waals surface area contributed by atoms with Gasteiger partial charge >= 0.3 is 0 Å². The Morgan fingerprint density at radius 1 is 0.677 bits per heavy atom. The van der Waals surface area contributed by atoms with Crippen molar-refractivity contribution in [3.05, 3.63) is 116 Å². The van der Waals surface area contributed by atoms with Crippen molar-refractivity contribution in [2.24, 2.45) is 0 Å². The molecular weight excluding hydrogens is 559 g/mol. The smallest absolute Gasteiger partial charge is 0.0602 e. The monoisotopic (exact) mass is 577 g/mol. The molecule has 0 atom stereocenters. The number of nitrogens with zero attached hydrogens (tertiary/aromatic N) is 3. The average Bonchev–Trinajstić information content (AvgIpc) is 3.43. The van der Waals surface area contributed by atoms with Crippen LogP contribution in [-0.4, -0.2) is 14.1 Å². The van der Waals surface area contributed by atoms with Crippen LogP contribution in [0.1, 0.15) is 0 Å². The zero-order valence-electron chi connectivity index (χ0n) is 16.6. The molecule has 0 bridgehead atoms. The van der Waals surface area contributed by atoms with Crippen molar-refractivity contribution < 1.29 is 20.1 Å². The van der Waals surface area contributed by atoms with Crippen molar-refractivity contribution in [3.8, 4) is 22.8 Å². The molecule has 0 fully saturated rings. The van der Waals surface area contributed by atoms with Crippen molar-refractivity contribution in [2.45, 2.75) is 0 Å². The van der Waals surface area contributed by atoms with E-state index in [2.05, 4.69) is 93.0 Å². The molecule has 4 aromatic carbocycles. The number of fused-ring (bicyclic) bond motifs is 3. The zero-order chi connectivity index (χ0) is 19.9. The minimum Gasteiger partial charge on any atom is -0.340 e. The quantitative estimate of drug-likeness (QED) is 0.223. The van der Waals surface area contributed by atoms with Gasteiger partial charge in [-0.3, -0.25) is 4.98 Å². The van der Waals surface area contributed by atoms with E-state index in [1.807, 2.05) is 36.7 Å². The second-order valence-electron chi connectivity index (χ2n) is 7.29. The summed E-state index contributed by atoms with van der Waals surface area (Å²) in [5.74, 6) is 0.891. The van der Waals surface area contributed by atoms with E-state index in [1.165, 1.54) is 27.5 Å². The Balaban J connectivity index is 0.00000204. The number of rotatable bonds is 3. The number of benzene rings is 4. The van der Waals surface area contributed by atoms with Crippen molar-refractivity contribution in [3.63, 3.8) is 0 Å². The van der Waals surface area contributed by atoms with Gasteiger partial charge < -0.3 is 9.13 Å². The van der Waals surface area contributed by atoms with E-state index in [-0.39, 0.29) is 20.1 Å². The summed E-state index contributed by atoms with van der Waals surface area (Å²) in [6.07, 6.45) is 3.85. The molecule has 151 valence electrons. The van der Waals surface area contributed by atoms with Crippen LogP contribution in [0, 0.1) is 6.07 Å². The Labute approximate surface area is 194 Å². The van der Waals surface area contributed by atoms with Gasteiger partial charge in [0.1, 0.15) is 0 Å². The van der Waals surface area contributed by atoms with Crippen molar-refractivity contribution in [1.82, 2.24) is 14.1 Å². The van der Waals surface area contributed by atoms with Gasteiger partial charge in [-0.25, -0.2) is 0 Å². The summed E-state index contributed by atoms with van der Waals surface area (Å²) in [4.78, 5) is 4.58. The maximum atomic E-state index is 4.58. The second kappa shape index (κ2) is 7.99. The van der Waals surface area contributed by atoms with Gasteiger partial charge in [-0.05, 0) is 36.4 Å². The van der Waals surface area contributed by atoms with Crippen LogP contribution in [0.3, 0.4) is 0 Å². The first-order valence-electron chi connectivity index (χ1n) is 9.99. The molecule has 0 aliphatic carbocycles. The standard InChI is InChI=1S/C27H18N3.Ir/c1-3-9-20(10-4-1)27-28-17-18-29(27)22-15-16-26-24(19-22)23-13-7-8-14-25(23)30(26)21-11-5-2-6-12-21;/h1-9,11-19H;/q-1;. The molecule has 0 N–H and O–H groups in total. The van der Waals surface area contributed by atoms with Gasteiger partial charge in [0.15, 0.2) is 0 Å². The fourth-order valence-electron chi connectivity index (χ4n) is 4.21.